The van der Waals surface area contributed by atoms with E-state index in [1.54, 1.807) is 40.0 Å². The number of furan rings is 1. The van der Waals surface area contributed by atoms with Gasteiger partial charge in [-0.25, -0.2) is 4.99 Å². The van der Waals surface area contributed by atoms with Crippen LogP contribution in [0.3, 0.4) is 0 Å². The number of piperazine rings is 1. The lowest BCUT2D eigenvalue weighted by Gasteiger charge is -2.34. The maximum atomic E-state index is 13.6. The first kappa shape index (κ1) is 27.3. The van der Waals surface area contributed by atoms with Crippen LogP contribution >= 0.6 is 11.8 Å². The minimum atomic E-state index is -0.249. The fourth-order valence-corrected chi connectivity index (χ4v) is 5.61. The highest BCUT2D eigenvalue weighted by atomic mass is 32.2. The van der Waals surface area contributed by atoms with Crippen LogP contribution in [0.15, 0.2) is 76.0 Å². The molecule has 10 heteroatoms. The van der Waals surface area contributed by atoms with Crippen LogP contribution in [0, 0.1) is 13.8 Å². The van der Waals surface area contributed by atoms with Crippen LogP contribution in [0.5, 0.6) is 5.75 Å². The summed E-state index contributed by atoms with van der Waals surface area (Å²) in [7, 11) is 1.60. The lowest BCUT2D eigenvalue weighted by atomic mass is 10.1. The van der Waals surface area contributed by atoms with Gasteiger partial charge in [0.05, 0.1) is 24.8 Å². The van der Waals surface area contributed by atoms with Crippen molar-refractivity contribution in [1.29, 1.82) is 0 Å². The Kier molecular flexibility index (Phi) is 8.06. The monoisotopic (exact) mass is 558 g/mol. The van der Waals surface area contributed by atoms with Crippen LogP contribution in [0.1, 0.15) is 27.2 Å². The van der Waals surface area contributed by atoms with Gasteiger partial charge >= 0.3 is 0 Å². The van der Waals surface area contributed by atoms with Gasteiger partial charge in [0.15, 0.2) is 10.9 Å². The van der Waals surface area contributed by atoms with Crippen LogP contribution in [0.25, 0.3) is 6.08 Å². The van der Waals surface area contributed by atoms with Crippen LogP contribution in [0.4, 0.5) is 5.69 Å². The van der Waals surface area contributed by atoms with Crippen LogP contribution < -0.4 is 9.64 Å². The highest BCUT2D eigenvalue weighted by molar-refractivity contribution is 8.14. The second-order valence-electron chi connectivity index (χ2n) is 9.62. The first-order valence-electron chi connectivity index (χ1n) is 12.9. The Labute approximate surface area is 237 Å². The summed E-state index contributed by atoms with van der Waals surface area (Å²) in [5.74, 6) is 0.644. The summed E-state index contributed by atoms with van der Waals surface area (Å²) in [6, 6.07) is 16.6. The number of amides is 3. The number of aryl methyl sites for hydroxylation is 2. The molecule has 9 nitrogen and oxygen atoms in total. The topological polar surface area (TPSA) is 95.7 Å². The molecule has 2 aliphatic heterocycles. The Morgan fingerprint density at radius 3 is 2.30 bits per heavy atom. The quantitative estimate of drug-likeness (QED) is 0.417. The number of carbonyl (C=O) groups is 3. The number of nitrogens with zero attached hydrogens (tertiary/aromatic N) is 4. The van der Waals surface area contributed by atoms with Gasteiger partial charge in [-0.15, -0.1) is 0 Å². The molecule has 0 aliphatic carbocycles. The third-order valence-corrected chi connectivity index (χ3v) is 7.61. The van der Waals surface area contributed by atoms with E-state index in [-0.39, 0.29) is 23.5 Å². The van der Waals surface area contributed by atoms with E-state index >= 15 is 0 Å². The molecule has 0 saturated carbocycles. The third kappa shape index (κ3) is 5.96. The molecule has 40 heavy (non-hydrogen) atoms. The van der Waals surface area contributed by atoms with Gasteiger partial charge in [0.2, 0.25) is 5.91 Å². The number of hydrogen-bond donors (Lipinski definition) is 0. The number of carbonyl (C=O) groups excluding carboxylic acids is 3. The van der Waals surface area contributed by atoms with Gasteiger partial charge in [0, 0.05) is 26.2 Å². The molecule has 0 bridgehead atoms. The maximum absolute atomic E-state index is 13.6. The van der Waals surface area contributed by atoms with E-state index < -0.39 is 0 Å². The SMILES string of the molecule is COc1ccc(/C=C2/N=C(SCC(=O)N3CCN(C(=O)c4ccco4)CC3)N(c3cc(C)cc(C)c3)C2=O)cc1. The van der Waals surface area contributed by atoms with Crippen molar-refractivity contribution in [2.24, 2.45) is 4.99 Å². The fourth-order valence-electron chi connectivity index (χ4n) is 4.69. The first-order valence-corrected chi connectivity index (χ1v) is 13.9. The Morgan fingerprint density at radius 1 is 1.00 bits per heavy atom. The summed E-state index contributed by atoms with van der Waals surface area (Å²) >= 11 is 1.24. The second-order valence-corrected chi connectivity index (χ2v) is 10.6. The average molecular weight is 559 g/mol. The van der Waals surface area contributed by atoms with Crippen molar-refractivity contribution in [3.05, 3.63) is 89.0 Å². The molecular formula is C30H30N4O5S. The molecule has 1 saturated heterocycles. The van der Waals surface area contributed by atoms with E-state index in [9.17, 15) is 14.4 Å². The van der Waals surface area contributed by atoms with Crippen LogP contribution in [0.2, 0.25) is 0 Å². The zero-order valence-corrected chi connectivity index (χ0v) is 23.4. The summed E-state index contributed by atoms with van der Waals surface area (Å²) in [5.41, 5.74) is 3.88. The molecule has 0 atom stereocenters. The molecule has 0 radical (unpaired) electrons. The minimum Gasteiger partial charge on any atom is -0.497 e. The Morgan fingerprint density at radius 2 is 1.68 bits per heavy atom. The number of ether oxygens (including phenoxy) is 1. The fraction of sp³-hybridized carbons (Fsp3) is 0.267. The van der Waals surface area contributed by atoms with E-state index in [1.807, 2.05) is 56.3 Å². The number of hydrogen-bond acceptors (Lipinski definition) is 7. The van der Waals surface area contributed by atoms with E-state index in [1.165, 1.54) is 18.0 Å². The predicted molar refractivity (Wildman–Crippen MR) is 155 cm³/mol. The van der Waals surface area contributed by atoms with E-state index in [2.05, 4.69) is 4.99 Å². The van der Waals surface area contributed by atoms with Crippen molar-refractivity contribution in [3.8, 4) is 5.75 Å². The Hall–Kier alpha value is -4.31. The number of rotatable bonds is 6. The molecule has 0 unspecified atom stereocenters. The van der Waals surface area contributed by atoms with Gasteiger partial charge in [-0.1, -0.05) is 30.0 Å². The van der Waals surface area contributed by atoms with Gasteiger partial charge in [0.25, 0.3) is 11.8 Å². The molecule has 1 aromatic heterocycles. The largest absolute Gasteiger partial charge is 0.497 e. The predicted octanol–water partition coefficient (Wildman–Crippen LogP) is 4.37. The lowest BCUT2D eigenvalue weighted by Crippen LogP contribution is -2.51. The summed E-state index contributed by atoms with van der Waals surface area (Å²) in [6.07, 6.45) is 3.21. The summed E-state index contributed by atoms with van der Waals surface area (Å²) < 4.78 is 10.4. The maximum Gasteiger partial charge on any atom is 0.289 e. The second kappa shape index (κ2) is 11.8. The number of amidine groups is 1. The summed E-state index contributed by atoms with van der Waals surface area (Å²) in [4.78, 5) is 48.9. The third-order valence-electron chi connectivity index (χ3n) is 6.69. The molecule has 3 aromatic rings. The molecule has 0 spiro atoms. The summed E-state index contributed by atoms with van der Waals surface area (Å²) in [5, 5.41) is 0.453. The van der Waals surface area contributed by atoms with Gasteiger partial charge in [0.1, 0.15) is 11.4 Å². The van der Waals surface area contributed by atoms with E-state index in [0.717, 1.165) is 22.4 Å². The van der Waals surface area contributed by atoms with Crippen molar-refractivity contribution >= 4 is 46.4 Å². The molecule has 2 aliphatic rings. The van der Waals surface area contributed by atoms with Crippen LogP contribution in [-0.2, 0) is 9.59 Å². The van der Waals surface area contributed by atoms with Crippen LogP contribution in [-0.4, -0.2) is 71.7 Å². The molecule has 2 aromatic carbocycles. The zero-order chi connectivity index (χ0) is 28.2. The van der Waals surface area contributed by atoms with E-state index in [0.29, 0.717) is 48.5 Å². The Bertz CT molecular complexity index is 1450. The highest BCUT2D eigenvalue weighted by Gasteiger charge is 2.33. The minimum absolute atomic E-state index is 0.0711. The number of aliphatic imine (C=N–C) groups is 1. The van der Waals surface area contributed by atoms with Crippen molar-refractivity contribution < 1.29 is 23.5 Å². The lowest BCUT2D eigenvalue weighted by molar-refractivity contribution is -0.129. The van der Waals surface area contributed by atoms with Crippen molar-refractivity contribution in [2.45, 2.75) is 13.8 Å². The summed E-state index contributed by atoms with van der Waals surface area (Å²) in [6.45, 7) is 5.68. The molecular weight excluding hydrogens is 528 g/mol. The standard InChI is InChI=1S/C30H30N4O5S/c1-20-15-21(2)17-23(16-20)34-28(36)25(18-22-6-8-24(38-3)9-7-22)31-30(34)40-19-27(35)32-10-12-33(13-11-32)29(37)26-5-4-14-39-26/h4-9,14-18H,10-13,19H2,1-3H3/b25-18+. The first-order chi connectivity index (χ1) is 19.3. The zero-order valence-electron chi connectivity index (χ0n) is 22.6. The van der Waals surface area contributed by atoms with Crippen molar-refractivity contribution in [1.82, 2.24) is 9.80 Å². The van der Waals surface area contributed by atoms with Gasteiger partial charge < -0.3 is 19.0 Å². The molecule has 1 fully saturated rings. The highest BCUT2D eigenvalue weighted by Crippen LogP contribution is 2.31. The number of methoxy groups -OCH3 is 1. The molecule has 3 heterocycles. The smallest absolute Gasteiger partial charge is 0.289 e. The molecule has 206 valence electrons. The normalized spacial score (nSPS) is 16.5. The van der Waals surface area contributed by atoms with Gasteiger partial charge in [-0.3, -0.25) is 19.3 Å². The number of thioether (sulfide) groups is 1. The molecule has 3 amide bonds. The molecule has 0 N–H and O–H groups in total. The van der Waals surface area contributed by atoms with E-state index in [4.69, 9.17) is 9.15 Å². The van der Waals surface area contributed by atoms with Crippen molar-refractivity contribution in [2.75, 3.05) is 43.9 Å². The molecule has 5 rings (SSSR count). The van der Waals surface area contributed by atoms with Gasteiger partial charge in [-0.05, 0) is 73.0 Å². The van der Waals surface area contributed by atoms with Crippen molar-refractivity contribution in [3.63, 3.8) is 0 Å². The van der Waals surface area contributed by atoms with Gasteiger partial charge in [-0.2, -0.15) is 0 Å². The Balaban J connectivity index is 1.30. The average Bonchev–Trinajstić information content (AvgIpc) is 3.60. The number of benzene rings is 2. The number of anilines is 1.